The largest absolute Gasteiger partial charge is 0.353 e. The van der Waals surface area contributed by atoms with Crippen LogP contribution in [-0.4, -0.2) is 46.0 Å². The summed E-state index contributed by atoms with van der Waals surface area (Å²) in [6.07, 6.45) is 1.57. The molecule has 1 saturated heterocycles. The van der Waals surface area contributed by atoms with Gasteiger partial charge in [-0.05, 0) is 18.9 Å². The van der Waals surface area contributed by atoms with E-state index in [2.05, 4.69) is 15.5 Å². The first-order valence-electron chi connectivity index (χ1n) is 7.14. The number of piperidine rings is 1. The van der Waals surface area contributed by atoms with Crippen LogP contribution >= 0.6 is 0 Å². The van der Waals surface area contributed by atoms with E-state index in [0.29, 0.717) is 18.8 Å². The maximum Gasteiger partial charge on any atom is 0.274 e. The maximum atomic E-state index is 12.6. The summed E-state index contributed by atoms with van der Waals surface area (Å²) < 4.78 is 0. The smallest absolute Gasteiger partial charge is 0.274 e. The Labute approximate surface area is 122 Å². The number of benzene rings is 1. The number of hydrogen-bond donors (Lipinski definition) is 2. The van der Waals surface area contributed by atoms with E-state index in [0.717, 1.165) is 23.7 Å². The monoisotopic (exact) mass is 286 g/mol. The van der Waals surface area contributed by atoms with E-state index in [-0.39, 0.29) is 17.9 Å². The van der Waals surface area contributed by atoms with E-state index in [1.165, 1.54) is 6.92 Å². The van der Waals surface area contributed by atoms with Crippen molar-refractivity contribution in [2.75, 3.05) is 13.1 Å². The van der Waals surface area contributed by atoms with Gasteiger partial charge in [-0.25, -0.2) is 0 Å². The highest BCUT2D eigenvalue weighted by Gasteiger charge is 2.26. The van der Waals surface area contributed by atoms with Crippen LogP contribution in [0.15, 0.2) is 24.3 Å². The van der Waals surface area contributed by atoms with Crippen LogP contribution in [0.1, 0.15) is 30.3 Å². The Kier molecular flexibility index (Phi) is 3.60. The standard InChI is InChI=1S/C15H18N4O2/c1-10(20)16-11-6-8-19(9-7-11)15(21)14-12-4-2-3-5-13(12)17-18-14/h2-5,11H,6-9H2,1H3,(H,16,20)(H,17,18). The van der Waals surface area contributed by atoms with E-state index in [1.807, 2.05) is 24.3 Å². The average molecular weight is 286 g/mol. The highest BCUT2D eigenvalue weighted by atomic mass is 16.2. The molecule has 0 bridgehead atoms. The summed E-state index contributed by atoms with van der Waals surface area (Å²) in [6, 6.07) is 7.78. The van der Waals surface area contributed by atoms with Crippen LogP contribution in [0.3, 0.4) is 0 Å². The molecule has 6 heteroatoms. The Balaban J connectivity index is 1.71. The van der Waals surface area contributed by atoms with Gasteiger partial charge in [0, 0.05) is 31.4 Å². The molecule has 3 rings (SSSR count). The molecule has 2 heterocycles. The highest BCUT2D eigenvalue weighted by Crippen LogP contribution is 2.19. The molecular formula is C15H18N4O2. The number of carbonyl (C=O) groups is 2. The van der Waals surface area contributed by atoms with Crippen LogP contribution in [0.2, 0.25) is 0 Å². The molecule has 1 aromatic heterocycles. The maximum absolute atomic E-state index is 12.6. The molecule has 0 spiro atoms. The van der Waals surface area contributed by atoms with Gasteiger partial charge in [0.05, 0.1) is 5.52 Å². The van der Waals surface area contributed by atoms with E-state index in [4.69, 9.17) is 0 Å². The van der Waals surface area contributed by atoms with Gasteiger partial charge in [0.2, 0.25) is 5.91 Å². The number of nitrogens with zero attached hydrogens (tertiary/aromatic N) is 2. The highest BCUT2D eigenvalue weighted by molar-refractivity contribution is 6.04. The third-order valence-corrected chi connectivity index (χ3v) is 3.86. The topological polar surface area (TPSA) is 78.1 Å². The summed E-state index contributed by atoms with van der Waals surface area (Å²) >= 11 is 0. The van der Waals surface area contributed by atoms with Crippen LogP contribution < -0.4 is 5.32 Å². The Morgan fingerprint density at radius 3 is 2.71 bits per heavy atom. The number of para-hydroxylation sites is 1. The minimum atomic E-state index is -0.0475. The van der Waals surface area contributed by atoms with Gasteiger partial charge in [0.25, 0.3) is 5.91 Å². The van der Waals surface area contributed by atoms with E-state index in [9.17, 15) is 9.59 Å². The molecule has 1 aromatic carbocycles. The Morgan fingerprint density at radius 2 is 2.00 bits per heavy atom. The molecule has 1 aliphatic heterocycles. The fourth-order valence-corrected chi connectivity index (χ4v) is 2.79. The van der Waals surface area contributed by atoms with Crippen molar-refractivity contribution in [3.05, 3.63) is 30.0 Å². The molecule has 1 aliphatic rings. The van der Waals surface area contributed by atoms with Crippen molar-refractivity contribution in [1.29, 1.82) is 0 Å². The predicted molar refractivity (Wildman–Crippen MR) is 78.8 cm³/mol. The second-order valence-corrected chi connectivity index (χ2v) is 5.38. The van der Waals surface area contributed by atoms with E-state index >= 15 is 0 Å². The number of rotatable bonds is 2. The Hall–Kier alpha value is -2.37. The molecule has 0 radical (unpaired) electrons. The molecule has 2 amide bonds. The summed E-state index contributed by atoms with van der Waals surface area (Å²) in [5, 5.41) is 10.8. The molecule has 0 unspecified atom stereocenters. The second-order valence-electron chi connectivity index (χ2n) is 5.38. The first kappa shape index (κ1) is 13.6. The average Bonchev–Trinajstić information content (AvgIpc) is 2.90. The number of hydrogen-bond acceptors (Lipinski definition) is 3. The molecule has 21 heavy (non-hydrogen) atoms. The molecule has 110 valence electrons. The number of aromatic amines is 1. The lowest BCUT2D eigenvalue weighted by molar-refractivity contribution is -0.119. The van der Waals surface area contributed by atoms with Crippen LogP contribution in [0.5, 0.6) is 0 Å². The van der Waals surface area contributed by atoms with Gasteiger partial charge in [-0.15, -0.1) is 0 Å². The lowest BCUT2D eigenvalue weighted by Crippen LogP contribution is -2.46. The number of carbonyl (C=O) groups excluding carboxylic acids is 2. The van der Waals surface area contributed by atoms with Crippen molar-refractivity contribution in [2.45, 2.75) is 25.8 Å². The Morgan fingerprint density at radius 1 is 1.29 bits per heavy atom. The van der Waals surface area contributed by atoms with Crippen molar-refractivity contribution in [2.24, 2.45) is 0 Å². The zero-order valence-corrected chi connectivity index (χ0v) is 11.9. The molecule has 0 atom stereocenters. The van der Waals surface area contributed by atoms with Crippen molar-refractivity contribution in [3.63, 3.8) is 0 Å². The second kappa shape index (κ2) is 5.55. The molecule has 0 aliphatic carbocycles. The normalized spacial score (nSPS) is 16.1. The third kappa shape index (κ3) is 2.74. The number of H-pyrrole nitrogens is 1. The summed E-state index contributed by atoms with van der Waals surface area (Å²) in [4.78, 5) is 25.4. The molecular weight excluding hydrogens is 268 g/mol. The summed E-state index contributed by atoms with van der Waals surface area (Å²) in [6.45, 7) is 2.81. The SMILES string of the molecule is CC(=O)NC1CCN(C(=O)c2n[nH]c3ccccc23)CC1. The molecule has 2 aromatic rings. The van der Waals surface area contributed by atoms with Crippen molar-refractivity contribution < 1.29 is 9.59 Å². The van der Waals surface area contributed by atoms with Gasteiger partial charge in [-0.1, -0.05) is 18.2 Å². The van der Waals surface area contributed by atoms with Gasteiger partial charge in [-0.2, -0.15) is 5.10 Å². The Bertz CT molecular complexity index is 671. The molecule has 0 saturated carbocycles. The minimum absolute atomic E-state index is 0.0157. The van der Waals surface area contributed by atoms with Crippen LogP contribution in [-0.2, 0) is 4.79 Å². The van der Waals surface area contributed by atoms with Gasteiger partial charge >= 0.3 is 0 Å². The van der Waals surface area contributed by atoms with Gasteiger partial charge in [0.15, 0.2) is 5.69 Å². The van der Waals surface area contributed by atoms with Crippen LogP contribution in [0.4, 0.5) is 0 Å². The van der Waals surface area contributed by atoms with Crippen molar-refractivity contribution in [1.82, 2.24) is 20.4 Å². The fraction of sp³-hybridized carbons (Fsp3) is 0.400. The number of fused-ring (bicyclic) bond motifs is 1. The molecule has 2 N–H and O–H groups in total. The molecule has 6 nitrogen and oxygen atoms in total. The number of amides is 2. The minimum Gasteiger partial charge on any atom is -0.353 e. The van der Waals surface area contributed by atoms with Gasteiger partial charge in [0.1, 0.15) is 0 Å². The third-order valence-electron chi connectivity index (χ3n) is 3.86. The lowest BCUT2D eigenvalue weighted by atomic mass is 10.0. The first-order chi connectivity index (χ1) is 10.1. The van der Waals surface area contributed by atoms with Crippen LogP contribution in [0, 0.1) is 0 Å². The van der Waals surface area contributed by atoms with Crippen molar-refractivity contribution >= 4 is 22.7 Å². The predicted octanol–water partition coefficient (Wildman–Crippen LogP) is 1.30. The van der Waals surface area contributed by atoms with Gasteiger partial charge < -0.3 is 10.2 Å². The summed E-state index contributed by atoms with van der Waals surface area (Å²) in [5.74, 6) is -0.0632. The summed E-state index contributed by atoms with van der Waals surface area (Å²) in [5.41, 5.74) is 1.34. The zero-order chi connectivity index (χ0) is 14.8. The quantitative estimate of drug-likeness (QED) is 0.873. The van der Waals surface area contributed by atoms with E-state index < -0.39 is 0 Å². The van der Waals surface area contributed by atoms with Gasteiger partial charge in [-0.3, -0.25) is 14.7 Å². The molecule has 1 fully saturated rings. The lowest BCUT2D eigenvalue weighted by Gasteiger charge is -2.31. The summed E-state index contributed by atoms with van der Waals surface area (Å²) in [7, 11) is 0. The zero-order valence-electron chi connectivity index (χ0n) is 11.9. The van der Waals surface area contributed by atoms with E-state index in [1.54, 1.807) is 4.90 Å². The number of aromatic nitrogens is 2. The van der Waals surface area contributed by atoms with Crippen LogP contribution in [0.25, 0.3) is 10.9 Å². The fourth-order valence-electron chi connectivity index (χ4n) is 2.79. The number of nitrogens with one attached hydrogen (secondary N) is 2. The van der Waals surface area contributed by atoms with Crippen molar-refractivity contribution in [3.8, 4) is 0 Å². The first-order valence-corrected chi connectivity index (χ1v) is 7.14. The number of likely N-dealkylation sites (tertiary alicyclic amines) is 1.